The summed E-state index contributed by atoms with van der Waals surface area (Å²) in [5.41, 5.74) is 2.01. The molecule has 0 unspecified atom stereocenters. The number of pyridine rings is 1. The number of nitrogens with zero attached hydrogens (tertiary/aromatic N) is 2. The van der Waals surface area contributed by atoms with Gasteiger partial charge in [0.15, 0.2) is 0 Å². The van der Waals surface area contributed by atoms with Crippen molar-refractivity contribution < 1.29 is 0 Å². The molecule has 0 aliphatic carbocycles. The van der Waals surface area contributed by atoms with Gasteiger partial charge in [-0.15, -0.1) is 0 Å². The summed E-state index contributed by atoms with van der Waals surface area (Å²) in [6.45, 7) is 8.42. The van der Waals surface area contributed by atoms with E-state index in [0.29, 0.717) is 6.04 Å². The van der Waals surface area contributed by atoms with Crippen molar-refractivity contribution in [3.8, 4) is 0 Å². The van der Waals surface area contributed by atoms with E-state index < -0.39 is 0 Å². The summed E-state index contributed by atoms with van der Waals surface area (Å²) < 4.78 is 0. The minimum Gasteiger partial charge on any atom is -0.367 e. The van der Waals surface area contributed by atoms with Crippen LogP contribution in [0.5, 0.6) is 0 Å². The summed E-state index contributed by atoms with van der Waals surface area (Å²) in [7, 11) is 0. The van der Waals surface area contributed by atoms with Gasteiger partial charge >= 0.3 is 0 Å². The lowest BCUT2D eigenvalue weighted by molar-refractivity contribution is 0.878. The number of aryl methyl sites for hydroxylation is 1. The maximum absolute atomic E-state index is 7.53. The molecule has 0 radical (unpaired) electrons. The van der Waals surface area contributed by atoms with Crippen molar-refractivity contribution in [2.45, 2.75) is 39.7 Å². The van der Waals surface area contributed by atoms with E-state index in [1.54, 1.807) is 0 Å². The number of nitrogens with one attached hydrogen (secondary N) is 2. The van der Waals surface area contributed by atoms with Crippen molar-refractivity contribution in [2.24, 2.45) is 0 Å². The minimum atomic E-state index is 0.324. The van der Waals surface area contributed by atoms with E-state index in [2.05, 4.69) is 30.1 Å². The Morgan fingerprint density at radius 2 is 2.06 bits per heavy atom. The monoisotopic (exact) mass is 246 g/mol. The second kappa shape index (κ2) is 5.38. The Balaban J connectivity index is 2.37. The van der Waals surface area contributed by atoms with E-state index in [0.717, 1.165) is 35.9 Å². The molecule has 0 saturated carbocycles. The van der Waals surface area contributed by atoms with E-state index in [1.807, 2.05) is 6.92 Å². The van der Waals surface area contributed by atoms with Crippen molar-refractivity contribution in [3.63, 3.8) is 0 Å². The fourth-order valence-electron chi connectivity index (χ4n) is 2.34. The maximum Gasteiger partial charge on any atom is 0.137 e. The highest BCUT2D eigenvalue weighted by atomic mass is 15.2. The first-order valence-corrected chi connectivity index (χ1v) is 6.65. The highest BCUT2D eigenvalue weighted by molar-refractivity contribution is 5.87. The molecule has 1 aromatic heterocycles. The molecule has 1 saturated heterocycles. The maximum atomic E-state index is 7.53. The van der Waals surface area contributed by atoms with Crippen LogP contribution in [0.3, 0.4) is 0 Å². The molecule has 1 aromatic rings. The summed E-state index contributed by atoms with van der Waals surface area (Å²) in [6, 6.07) is 2.42. The largest absolute Gasteiger partial charge is 0.367 e. The van der Waals surface area contributed by atoms with Gasteiger partial charge in [-0.3, -0.25) is 0 Å². The molecule has 2 N–H and O–H groups in total. The van der Waals surface area contributed by atoms with Crippen LogP contribution in [0.25, 0.3) is 0 Å². The van der Waals surface area contributed by atoms with Gasteiger partial charge in [-0.05, 0) is 45.2 Å². The average Bonchev–Trinajstić information content (AvgIpc) is 2.81. The van der Waals surface area contributed by atoms with Crippen molar-refractivity contribution in [3.05, 3.63) is 17.2 Å². The molecule has 4 heteroatoms. The second-order valence-electron chi connectivity index (χ2n) is 5.20. The van der Waals surface area contributed by atoms with Gasteiger partial charge in [-0.1, -0.05) is 0 Å². The van der Waals surface area contributed by atoms with Gasteiger partial charge < -0.3 is 15.6 Å². The quantitative estimate of drug-likeness (QED) is 0.803. The van der Waals surface area contributed by atoms with E-state index >= 15 is 0 Å². The number of rotatable bonds is 4. The first-order chi connectivity index (χ1) is 8.61. The lowest BCUT2D eigenvalue weighted by atomic mass is 10.1. The Morgan fingerprint density at radius 3 is 2.61 bits per heavy atom. The number of anilines is 2. The molecule has 18 heavy (non-hydrogen) atoms. The Morgan fingerprint density at radius 1 is 1.39 bits per heavy atom. The average molecular weight is 246 g/mol. The molecule has 0 amide bonds. The molecular weight excluding hydrogens is 224 g/mol. The van der Waals surface area contributed by atoms with Crippen LogP contribution in [0.1, 0.15) is 37.8 Å². The zero-order valence-electron chi connectivity index (χ0n) is 11.5. The van der Waals surface area contributed by atoms with E-state index in [4.69, 9.17) is 10.4 Å². The summed E-state index contributed by atoms with van der Waals surface area (Å²) in [5.74, 6) is 1.88. The molecule has 98 valence electrons. The fourth-order valence-corrected chi connectivity index (χ4v) is 2.34. The van der Waals surface area contributed by atoms with Crippen LogP contribution in [0.15, 0.2) is 6.07 Å². The molecule has 1 aliphatic rings. The van der Waals surface area contributed by atoms with Crippen LogP contribution in [-0.4, -0.2) is 30.3 Å². The van der Waals surface area contributed by atoms with Crippen LogP contribution in [0, 0.1) is 12.3 Å². The van der Waals surface area contributed by atoms with Crippen molar-refractivity contribution >= 4 is 17.9 Å². The third kappa shape index (κ3) is 2.63. The number of hydrogen-bond acceptors (Lipinski definition) is 4. The predicted octanol–water partition coefficient (Wildman–Crippen LogP) is 2.81. The fraction of sp³-hybridized carbons (Fsp3) is 0.571. The standard InChI is InChI=1S/C14H22N4/c1-10(2)16-14-12(9-15)11(3)8-13(17-14)18-6-4-5-7-18/h8-10,15H,4-7H2,1-3H3,(H,16,17). The van der Waals surface area contributed by atoms with Gasteiger partial charge in [0.05, 0.1) is 0 Å². The third-order valence-corrected chi connectivity index (χ3v) is 3.25. The summed E-state index contributed by atoms with van der Waals surface area (Å²) in [4.78, 5) is 7.02. The third-order valence-electron chi connectivity index (χ3n) is 3.25. The van der Waals surface area contributed by atoms with Gasteiger partial charge in [0.2, 0.25) is 0 Å². The van der Waals surface area contributed by atoms with Crippen molar-refractivity contribution in [2.75, 3.05) is 23.3 Å². The van der Waals surface area contributed by atoms with Crippen LogP contribution in [0.4, 0.5) is 11.6 Å². The summed E-state index contributed by atoms with van der Waals surface area (Å²) in [6.07, 6.45) is 3.89. The van der Waals surface area contributed by atoms with E-state index in [-0.39, 0.29) is 0 Å². The molecule has 1 aliphatic heterocycles. The highest BCUT2D eigenvalue weighted by Gasteiger charge is 2.16. The minimum absolute atomic E-state index is 0.324. The smallest absolute Gasteiger partial charge is 0.137 e. The lowest BCUT2D eigenvalue weighted by Gasteiger charge is -2.21. The molecule has 0 atom stereocenters. The highest BCUT2D eigenvalue weighted by Crippen LogP contribution is 2.25. The molecule has 4 nitrogen and oxygen atoms in total. The van der Waals surface area contributed by atoms with Gasteiger partial charge in [0.1, 0.15) is 11.6 Å². The number of aromatic nitrogens is 1. The van der Waals surface area contributed by atoms with Crippen LogP contribution >= 0.6 is 0 Å². The zero-order chi connectivity index (χ0) is 13.1. The number of hydrogen-bond donors (Lipinski definition) is 2. The van der Waals surface area contributed by atoms with Crippen LogP contribution < -0.4 is 10.2 Å². The Bertz CT molecular complexity index is 434. The Hall–Kier alpha value is -1.58. The van der Waals surface area contributed by atoms with Crippen LogP contribution in [-0.2, 0) is 0 Å². The van der Waals surface area contributed by atoms with Crippen LogP contribution in [0.2, 0.25) is 0 Å². The topological polar surface area (TPSA) is 52.0 Å². The Kier molecular flexibility index (Phi) is 3.84. The predicted molar refractivity (Wildman–Crippen MR) is 77.1 cm³/mol. The SMILES string of the molecule is Cc1cc(N2CCCC2)nc(NC(C)C)c1C=N. The molecule has 0 aromatic carbocycles. The van der Waals surface area contributed by atoms with Crippen molar-refractivity contribution in [1.29, 1.82) is 5.41 Å². The first-order valence-electron chi connectivity index (χ1n) is 6.65. The van der Waals surface area contributed by atoms with Crippen molar-refractivity contribution in [1.82, 2.24) is 4.98 Å². The molecule has 0 bridgehead atoms. The molecule has 2 rings (SSSR count). The van der Waals surface area contributed by atoms with Gasteiger partial charge in [-0.2, -0.15) is 0 Å². The summed E-state index contributed by atoms with van der Waals surface area (Å²) in [5, 5.41) is 10.9. The first kappa shape index (κ1) is 12.9. The van der Waals surface area contributed by atoms with Gasteiger partial charge in [0.25, 0.3) is 0 Å². The van der Waals surface area contributed by atoms with Gasteiger partial charge in [0, 0.05) is 30.9 Å². The lowest BCUT2D eigenvalue weighted by Crippen LogP contribution is -2.21. The zero-order valence-corrected chi connectivity index (χ0v) is 11.5. The van der Waals surface area contributed by atoms with E-state index in [9.17, 15) is 0 Å². The molecular formula is C14H22N4. The summed E-state index contributed by atoms with van der Waals surface area (Å²) >= 11 is 0. The second-order valence-corrected chi connectivity index (χ2v) is 5.20. The molecule has 2 heterocycles. The van der Waals surface area contributed by atoms with Gasteiger partial charge in [-0.25, -0.2) is 4.98 Å². The molecule has 1 fully saturated rings. The Labute approximate surface area is 109 Å². The normalized spacial score (nSPS) is 15.2. The molecule has 0 spiro atoms. The van der Waals surface area contributed by atoms with E-state index in [1.165, 1.54) is 19.1 Å².